The maximum Gasteiger partial charge on any atom is 0.252 e. The zero-order valence-corrected chi connectivity index (χ0v) is 23.8. The van der Waals surface area contributed by atoms with Crippen LogP contribution in [0.15, 0.2) is 42.0 Å². The molecule has 0 spiro atoms. The summed E-state index contributed by atoms with van der Waals surface area (Å²) in [6.07, 6.45) is 7.32. The number of fused-ring (bicyclic) bond motifs is 1. The Morgan fingerprint density at radius 3 is 2.78 bits per heavy atom. The Morgan fingerprint density at radius 2 is 2.10 bits per heavy atom. The summed E-state index contributed by atoms with van der Waals surface area (Å²) in [5.74, 6) is -0.227. The SMILES string of the molecule is CC(C)(C)[C@H](c1nc(-c2cc(F)ccc2F)nn1CC1=CC2CC2C=C1)N(C[C@@H]1CNC[C@@H]1F)C(=O)C1CCCO1.[HH]. The summed E-state index contributed by atoms with van der Waals surface area (Å²) in [6, 6.07) is 2.58. The molecule has 6 atom stereocenters. The van der Waals surface area contributed by atoms with Gasteiger partial charge in [-0.1, -0.05) is 39.0 Å². The molecule has 2 aromatic rings. The highest BCUT2D eigenvalue weighted by atomic mass is 19.1. The number of hydrogen-bond donors (Lipinski definition) is 1. The molecule has 4 aliphatic rings. The van der Waals surface area contributed by atoms with Gasteiger partial charge in [-0.15, -0.1) is 0 Å². The number of benzene rings is 1. The van der Waals surface area contributed by atoms with Crippen molar-refractivity contribution in [3.63, 3.8) is 0 Å². The van der Waals surface area contributed by atoms with E-state index in [1.54, 1.807) is 9.58 Å². The van der Waals surface area contributed by atoms with Gasteiger partial charge in [0.25, 0.3) is 5.91 Å². The van der Waals surface area contributed by atoms with E-state index in [4.69, 9.17) is 14.8 Å². The molecule has 2 aliphatic carbocycles. The molecule has 2 saturated heterocycles. The van der Waals surface area contributed by atoms with Crippen LogP contribution in [0, 0.1) is 34.8 Å². The number of amides is 1. The Morgan fingerprint density at radius 1 is 1.27 bits per heavy atom. The predicted octanol–water partition coefficient (Wildman–Crippen LogP) is 5.25. The van der Waals surface area contributed by atoms with Crippen molar-refractivity contribution < 1.29 is 24.1 Å². The number of ether oxygens (including phenoxy) is 1. The maximum absolute atomic E-state index is 14.9. The number of carbonyl (C=O) groups excluding carboxylic acids is 1. The minimum absolute atomic E-state index is 0. The summed E-state index contributed by atoms with van der Waals surface area (Å²) in [4.78, 5) is 20.6. The first kappa shape index (κ1) is 28.2. The molecule has 3 unspecified atom stereocenters. The van der Waals surface area contributed by atoms with Crippen LogP contribution in [0.4, 0.5) is 13.2 Å². The van der Waals surface area contributed by atoms with E-state index in [9.17, 15) is 18.0 Å². The fourth-order valence-corrected chi connectivity index (χ4v) is 6.37. The van der Waals surface area contributed by atoms with Gasteiger partial charge < -0.3 is 15.0 Å². The number of nitrogens with zero attached hydrogens (tertiary/aromatic N) is 4. The highest BCUT2D eigenvalue weighted by molar-refractivity contribution is 5.81. The summed E-state index contributed by atoms with van der Waals surface area (Å²) in [7, 11) is 0. The topological polar surface area (TPSA) is 72.3 Å². The van der Waals surface area contributed by atoms with Gasteiger partial charge in [-0.05, 0) is 60.3 Å². The van der Waals surface area contributed by atoms with Crippen LogP contribution in [0.25, 0.3) is 11.4 Å². The van der Waals surface area contributed by atoms with Crippen LogP contribution in [0.5, 0.6) is 0 Å². The molecule has 1 N–H and O–H groups in total. The third-order valence-corrected chi connectivity index (χ3v) is 8.63. The highest BCUT2D eigenvalue weighted by Crippen LogP contribution is 2.45. The van der Waals surface area contributed by atoms with Gasteiger partial charge in [-0.25, -0.2) is 22.8 Å². The Kier molecular flexibility index (Phi) is 7.57. The highest BCUT2D eigenvalue weighted by Gasteiger charge is 2.44. The Bertz CT molecular complexity index is 1370. The molecule has 1 aromatic carbocycles. The zero-order valence-electron chi connectivity index (χ0n) is 23.8. The number of carbonyl (C=O) groups is 1. The average Bonchev–Trinajstić information content (AvgIpc) is 3.25. The lowest BCUT2D eigenvalue weighted by molar-refractivity contribution is -0.147. The molecular weight excluding hydrogens is 531 g/mol. The largest absolute Gasteiger partial charge is 0.368 e. The molecule has 6 rings (SSSR count). The van der Waals surface area contributed by atoms with E-state index in [0.29, 0.717) is 43.8 Å². The van der Waals surface area contributed by atoms with E-state index in [2.05, 4.69) is 23.5 Å². The molecule has 1 aromatic heterocycles. The lowest BCUT2D eigenvalue weighted by Crippen LogP contribution is -2.49. The first-order valence-corrected chi connectivity index (χ1v) is 14.6. The number of rotatable bonds is 8. The molecule has 0 bridgehead atoms. The average molecular weight is 572 g/mol. The quantitative estimate of drug-likeness (QED) is 0.469. The number of halogens is 3. The van der Waals surface area contributed by atoms with Crippen molar-refractivity contribution in [3.05, 3.63) is 59.5 Å². The fourth-order valence-electron chi connectivity index (χ4n) is 6.37. The van der Waals surface area contributed by atoms with Gasteiger partial charge in [0.2, 0.25) is 0 Å². The van der Waals surface area contributed by atoms with E-state index >= 15 is 0 Å². The van der Waals surface area contributed by atoms with Crippen LogP contribution in [-0.2, 0) is 16.1 Å². The van der Waals surface area contributed by atoms with E-state index in [0.717, 1.165) is 36.6 Å². The maximum atomic E-state index is 14.9. The Balaban J connectivity index is 0.00000353. The molecule has 41 heavy (non-hydrogen) atoms. The molecule has 3 fully saturated rings. The summed E-state index contributed by atoms with van der Waals surface area (Å²) in [6.45, 7) is 7.76. The van der Waals surface area contributed by atoms with Crippen LogP contribution >= 0.6 is 0 Å². The van der Waals surface area contributed by atoms with Crippen molar-refractivity contribution in [2.75, 3.05) is 26.2 Å². The van der Waals surface area contributed by atoms with Crippen molar-refractivity contribution in [1.82, 2.24) is 25.0 Å². The molecular formula is C31H40F3N5O2. The first-order valence-electron chi connectivity index (χ1n) is 14.6. The van der Waals surface area contributed by atoms with Crippen molar-refractivity contribution in [2.45, 2.75) is 64.9 Å². The zero-order chi connectivity index (χ0) is 28.9. The Labute approximate surface area is 240 Å². The molecule has 1 saturated carbocycles. The molecule has 1 amide bonds. The molecule has 2 aliphatic heterocycles. The lowest BCUT2D eigenvalue weighted by Gasteiger charge is -2.41. The van der Waals surface area contributed by atoms with Crippen LogP contribution in [-0.4, -0.2) is 64.1 Å². The van der Waals surface area contributed by atoms with E-state index in [1.807, 2.05) is 20.8 Å². The van der Waals surface area contributed by atoms with Crippen LogP contribution in [0.2, 0.25) is 0 Å². The Hall–Kier alpha value is -2.98. The van der Waals surface area contributed by atoms with Gasteiger partial charge in [-0.2, -0.15) is 5.10 Å². The van der Waals surface area contributed by atoms with E-state index in [-0.39, 0.29) is 31.8 Å². The summed E-state index contributed by atoms with van der Waals surface area (Å²) >= 11 is 0. The van der Waals surface area contributed by atoms with Gasteiger partial charge in [0.1, 0.15) is 23.9 Å². The second-order valence-electron chi connectivity index (χ2n) is 12.9. The van der Waals surface area contributed by atoms with Gasteiger partial charge in [0.05, 0.1) is 18.2 Å². The summed E-state index contributed by atoms with van der Waals surface area (Å²) in [5.41, 5.74) is 0.441. The standard InChI is InChI=1S/C31H38F3N5O2.H2/c1-31(2,3)27(38(17-21-14-35-15-25(21)34)30(40)26-5-4-10-41-26)29-36-28(23-13-22(32)8-9-24(23)33)37-39(29)16-18-6-7-19-12-20(19)11-18;/h6-9,11,13,19-21,25-27,35H,4-5,10,12,14-17H2,1-3H3;1H/t19?,20?,21-,25-,26?,27-;/m0./s1. The second-order valence-corrected chi connectivity index (χ2v) is 12.9. The molecule has 3 heterocycles. The third-order valence-electron chi connectivity index (χ3n) is 8.63. The number of aromatic nitrogens is 3. The number of allylic oxidation sites excluding steroid dienone is 4. The normalized spacial score (nSPS) is 28.0. The first-order chi connectivity index (χ1) is 19.6. The molecule has 0 radical (unpaired) electrons. The number of nitrogens with one attached hydrogen (secondary N) is 1. The molecule has 222 valence electrons. The minimum Gasteiger partial charge on any atom is -0.368 e. The lowest BCUT2D eigenvalue weighted by atomic mass is 9.83. The van der Waals surface area contributed by atoms with Crippen molar-refractivity contribution in [1.29, 1.82) is 0 Å². The summed E-state index contributed by atoms with van der Waals surface area (Å²) in [5, 5.41) is 7.80. The fraction of sp³-hybridized carbons (Fsp3) is 0.581. The van der Waals surface area contributed by atoms with E-state index < -0.39 is 41.3 Å². The monoisotopic (exact) mass is 571 g/mol. The van der Waals surface area contributed by atoms with Gasteiger partial charge >= 0.3 is 0 Å². The van der Waals surface area contributed by atoms with E-state index in [1.165, 1.54) is 0 Å². The van der Waals surface area contributed by atoms with Gasteiger partial charge in [-0.3, -0.25) is 4.79 Å². The van der Waals surface area contributed by atoms with Crippen molar-refractivity contribution in [3.8, 4) is 11.4 Å². The van der Waals surface area contributed by atoms with Gasteiger partial charge in [0, 0.05) is 33.6 Å². The third kappa shape index (κ3) is 5.86. The number of hydrogen-bond acceptors (Lipinski definition) is 5. The number of alkyl halides is 1. The van der Waals surface area contributed by atoms with Crippen molar-refractivity contribution >= 4 is 5.91 Å². The predicted molar refractivity (Wildman–Crippen MR) is 150 cm³/mol. The van der Waals surface area contributed by atoms with Crippen LogP contribution < -0.4 is 5.32 Å². The summed E-state index contributed by atoms with van der Waals surface area (Å²) < 4.78 is 51.6. The minimum atomic E-state index is -1.09. The van der Waals surface area contributed by atoms with Crippen LogP contribution in [0.3, 0.4) is 0 Å². The van der Waals surface area contributed by atoms with Gasteiger partial charge in [0.15, 0.2) is 11.6 Å². The van der Waals surface area contributed by atoms with Crippen molar-refractivity contribution in [2.24, 2.45) is 23.2 Å². The van der Waals surface area contributed by atoms with Crippen LogP contribution in [0.1, 0.15) is 53.3 Å². The smallest absolute Gasteiger partial charge is 0.252 e. The molecule has 7 nitrogen and oxygen atoms in total. The molecule has 10 heteroatoms. The second kappa shape index (κ2) is 11.0.